The highest BCUT2D eigenvalue weighted by molar-refractivity contribution is 5.90. The van der Waals surface area contributed by atoms with E-state index in [2.05, 4.69) is 5.32 Å². The number of hydrogen-bond donors (Lipinski definition) is 2. The summed E-state index contributed by atoms with van der Waals surface area (Å²) in [6.45, 7) is 2.56. The summed E-state index contributed by atoms with van der Waals surface area (Å²) in [6.07, 6.45) is 2.86. The summed E-state index contributed by atoms with van der Waals surface area (Å²) < 4.78 is 1.53. The van der Waals surface area contributed by atoms with Crippen molar-refractivity contribution in [2.45, 2.75) is 39.2 Å². The Labute approximate surface area is 111 Å². The van der Waals surface area contributed by atoms with E-state index in [1.54, 1.807) is 12.3 Å². The molecule has 19 heavy (non-hydrogen) atoms. The number of nitrogens with zero attached hydrogens (tertiary/aromatic N) is 1. The number of pyridine rings is 1. The smallest absolute Gasteiger partial charge is 0.303 e. The van der Waals surface area contributed by atoms with Gasteiger partial charge in [-0.05, 0) is 18.9 Å². The summed E-state index contributed by atoms with van der Waals surface area (Å²) >= 11 is 0. The number of aryl methyl sites for hydroxylation is 1. The third-order valence-electron chi connectivity index (χ3n) is 2.53. The van der Waals surface area contributed by atoms with Crippen molar-refractivity contribution in [1.82, 2.24) is 4.57 Å². The van der Waals surface area contributed by atoms with Crippen LogP contribution in [0.1, 0.15) is 32.6 Å². The van der Waals surface area contributed by atoms with Gasteiger partial charge in [-0.25, -0.2) is 0 Å². The second-order valence-electron chi connectivity index (χ2n) is 4.24. The van der Waals surface area contributed by atoms with E-state index < -0.39 is 5.97 Å². The fraction of sp³-hybridized carbons (Fsp3) is 0.462. The van der Waals surface area contributed by atoms with Gasteiger partial charge < -0.3 is 15.0 Å². The second kappa shape index (κ2) is 7.35. The minimum absolute atomic E-state index is 0.0250. The van der Waals surface area contributed by atoms with Gasteiger partial charge in [-0.2, -0.15) is 0 Å². The highest BCUT2D eigenvalue weighted by Gasteiger charge is 2.05. The predicted octanol–water partition coefficient (Wildman–Crippen LogP) is 1.45. The standard InChI is InChI=1S/C13H18N2O4/c1-2-8-15-9-10(6-7-12(15)17)14-11(16)4-3-5-13(18)19/h6-7,9H,2-5,8H2,1H3,(H,14,16)(H,18,19). The average molecular weight is 266 g/mol. The van der Waals surface area contributed by atoms with E-state index in [-0.39, 0.29) is 24.3 Å². The van der Waals surface area contributed by atoms with Crippen molar-refractivity contribution in [3.63, 3.8) is 0 Å². The van der Waals surface area contributed by atoms with Gasteiger partial charge in [0.05, 0.1) is 5.69 Å². The molecule has 104 valence electrons. The Kier molecular flexibility index (Phi) is 5.78. The molecule has 0 saturated heterocycles. The molecule has 0 aromatic carbocycles. The van der Waals surface area contributed by atoms with Crippen molar-refractivity contribution in [3.8, 4) is 0 Å². The van der Waals surface area contributed by atoms with E-state index in [9.17, 15) is 14.4 Å². The summed E-state index contributed by atoms with van der Waals surface area (Å²) in [6, 6.07) is 2.95. The average Bonchev–Trinajstić information content (AvgIpc) is 2.33. The minimum atomic E-state index is -0.913. The molecule has 0 atom stereocenters. The van der Waals surface area contributed by atoms with Gasteiger partial charge in [0.1, 0.15) is 0 Å². The number of aliphatic carboxylic acids is 1. The van der Waals surface area contributed by atoms with Gasteiger partial charge >= 0.3 is 5.97 Å². The lowest BCUT2D eigenvalue weighted by atomic mass is 10.2. The third kappa shape index (κ3) is 5.37. The van der Waals surface area contributed by atoms with Crippen LogP contribution in [0.5, 0.6) is 0 Å². The Hall–Kier alpha value is -2.11. The Balaban J connectivity index is 2.56. The molecule has 0 bridgehead atoms. The number of hydrogen-bond acceptors (Lipinski definition) is 3. The molecule has 1 rings (SSSR count). The molecule has 0 saturated carbocycles. The molecule has 1 heterocycles. The molecule has 0 radical (unpaired) electrons. The first-order chi connectivity index (χ1) is 9.02. The van der Waals surface area contributed by atoms with E-state index in [4.69, 9.17) is 5.11 Å². The van der Waals surface area contributed by atoms with Crippen molar-refractivity contribution in [2.24, 2.45) is 0 Å². The number of aromatic nitrogens is 1. The monoisotopic (exact) mass is 266 g/mol. The Morgan fingerprint density at radius 2 is 2.05 bits per heavy atom. The zero-order valence-corrected chi connectivity index (χ0v) is 10.9. The second-order valence-corrected chi connectivity index (χ2v) is 4.24. The van der Waals surface area contributed by atoms with Gasteiger partial charge in [-0.1, -0.05) is 6.92 Å². The van der Waals surface area contributed by atoms with Crippen LogP contribution in [0.25, 0.3) is 0 Å². The normalized spacial score (nSPS) is 10.2. The van der Waals surface area contributed by atoms with Gasteiger partial charge in [0, 0.05) is 31.6 Å². The van der Waals surface area contributed by atoms with Crippen molar-refractivity contribution in [3.05, 3.63) is 28.7 Å². The van der Waals surface area contributed by atoms with E-state index in [1.807, 2.05) is 6.92 Å². The number of carboxylic acid groups (broad SMARTS) is 1. The lowest BCUT2D eigenvalue weighted by molar-refractivity contribution is -0.137. The maximum atomic E-state index is 11.6. The van der Waals surface area contributed by atoms with Crippen molar-refractivity contribution >= 4 is 17.6 Å². The largest absolute Gasteiger partial charge is 0.481 e. The minimum Gasteiger partial charge on any atom is -0.481 e. The van der Waals surface area contributed by atoms with E-state index in [1.165, 1.54) is 10.6 Å². The molecule has 0 unspecified atom stereocenters. The van der Waals surface area contributed by atoms with Crippen LogP contribution in [0.2, 0.25) is 0 Å². The molecule has 0 aliphatic rings. The predicted molar refractivity (Wildman–Crippen MR) is 71.1 cm³/mol. The lowest BCUT2D eigenvalue weighted by Crippen LogP contribution is -2.20. The van der Waals surface area contributed by atoms with Crippen LogP contribution >= 0.6 is 0 Å². The quantitative estimate of drug-likeness (QED) is 0.781. The molecule has 1 amide bonds. The summed E-state index contributed by atoms with van der Waals surface area (Å²) in [4.78, 5) is 33.4. The molecule has 6 nitrogen and oxygen atoms in total. The summed E-state index contributed by atoms with van der Waals surface area (Å²) in [7, 11) is 0. The number of carbonyl (C=O) groups is 2. The van der Waals surface area contributed by atoms with E-state index in [0.717, 1.165) is 6.42 Å². The zero-order chi connectivity index (χ0) is 14.3. The van der Waals surface area contributed by atoms with Gasteiger partial charge in [0.15, 0.2) is 0 Å². The van der Waals surface area contributed by atoms with Crippen LogP contribution in [-0.2, 0) is 16.1 Å². The number of amides is 1. The highest BCUT2D eigenvalue weighted by Crippen LogP contribution is 2.06. The van der Waals surface area contributed by atoms with Crippen LogP contribution in [-0.4, -0.2) is 21.6 Å². The molecule has 0 aliphatic heterocycles. The summed E-state index contributed by atoms with van der Waals surface area (Å²) in [5.74, 6) is -1.16. The first kappa shape index (κ1) is 14.9. The van der Waals surface area contributed by atoms with Crippen LogP contribution in [0, 0.1) is 0 Å². The number of rotatable bonds is 7. The number of carboxylic acids is 1. The molecule has 6 heteroatoms. The number of carbonyl (C=O) groups excluding carboxylic acids is 1. The first-order valence-electron chi connectivity index (χ1n) is 6.25. The maximum Gasteiger partial charge on any atom is 0.303 e. The Bertz CT molecular complexity index is 508. The van der Waals surface area contributed by atoms with Crippen LogP contribution < -0.4 is 10.9 Å². The lowest BCUT2D eigenvalue weighted by Gasteiger charge is -2.08. The topological polar surface area (TPSA) is 88.4 Å². The van der Waals surface area contributed by atoms with Crippen molar-refractivity contribution in [1.29, 1.82) is 0 Å². The van der Waals surface area contributed by atoms with Crippen molar-refractivity contribution < 1.29 is 14.7 Å². The van der Waals surface area contributed by atoms with Crippen molar-refractivity contribution in [2.75, 3.05) is 5.32 Å². The Morgan fingerprint density at radius 3 is 2.68 bits per heavy atom. The van der Waals surface area contributed by atoms with E-state index >= 15 is 0 Å². The SMILES string of the molecule is CCCn1cc(NC(=O)CCCC(=O)O)ccc1=O. The van der Waals surface area contributed by atoms with Crippen LogP contribution in [0.4, 0.5) is 5.69 Å². The van der Waals surface area contributed by atoms with Gasteiger partial charge in [-0.3, -0.25) is 14.4 Å². The van der Waals surface area contributed by atoms with Crippen LogP contribution in [0.15, 0.2) is 23.1 Å². The fourth-order valence-electron chi connectivity index (χ4n) is 1.64. The molecular formula is C13H18N2O4. The molecule has 0 spiro atoms. The van der Waals surface area contributed by atoms with Gasteiger partial charge in [-0.15, -0.1) is 0 Å². The summed E-state index contributed by atoms with van der Waals surface area (Å²) in [5.41, 5.74) is 0.444. The van der Waals surface area contributed by atoms with E-state index in [0.29, 0.717) is 18.7 Å². The number of nitrogens with one attached hydrogen (secondary N) is 1. The first-order valence-corrected chi connectivity index (χ1v) is 6.25. The van der Waals surface area contributed by atoms with Gasteiger partial charge in [0.25, 0.3) is 5.56 Å². The van der Waals surface area contributed by atoms with Crippen LogP contribution in [0.3, 0.4) is 0 Å². The molecule has 1 aromatic rings. The maximum absolute atomic E-state index is 11.6. The highest BCUT2D eigenvalue weighted by atomic mass is 16.4. The Morgan fingerprint density at radius 1 is 1.32 bits per heavy atom. The molecule has 1 aromatic heterocycles. The molecule has 0 fully saturated rings. The molecule has 2 N–H and O–H groups in total. The molecule has 0 aliphatic carbocycles. The zero-order valence-electron chi connectivity index (χ0n) is 10.9. The third-order valence-corrected chi connectivity index (χ3v) is 2.53. The molecular weight excluding hydrogens is 248 g/mol. The number of anilines is 1. The van der Waals surface area contributed by atoms with Gasteiger partial charge in [0.2, 0.25) is 5.91 Å². The fourth-order valence-corrected chi connectivity index (χ4v) is 1.64. The summed E-state index contributed by atoms with van der Waals surface area (Å²) in [5, 5.41) is 11.1.